The molecule has 0 unspecified atom stereocenters. The van der Waals surface area contributed by atoms with E-state index in [0.717, 1.165) is 11.1 Å². The number of hydroxylamine groups is 1. The third-order valence-electron chi connectivity index (χ3n) is 5.67. The van der Waals surface area contributed by atoms with Gasteiger partial charge in [0.25, 0.3) is 0 Å². The van der Waals surface area contributed by atoms with E-state index in [-0.39, 0.29) is 24.8 Å². The zero-order valence-electron chi connectivity index (χ0n) is 20.3. The van der Waals surface area contributed by atoms with Crippen LogP contribution in [0.4, 0.5) is 0 Å². The minimum Gasteiger partial charge on any atom is -0.478 e. The molecule has 11 heteroatoms. The molecule has 4 rings (SSSR count). The van der Waals surface area contributed by atoms with E-state index >= 15 is 0 Å². The topological polar surface area (TPSA) is 125 Å². The van der Waals surface area contributed by atoms with Crippen molar-refractivity contribution in [2.24, 2.45) is 0 Å². The minimum absolute atomic E-state index is 0.167. The highest BCUT2D eigenvalue weighted by Crippen LogP contribution is 2.29. The average Bonchev–Trinajstić information content (AvgIpc) is 3.37. The lowest BCUT2D eigenvalue weighted by Crippen LogP contribution is -2.46. The second kappa shape index (κ2) is 13.0. The molecule has 0 fully saturated rings. The molecule has 0 aliphatic carbocycles. The monoisotopic (exact) mass is 552 g/mol. The molecule has 0 aliphatic rings. The van der Waals surface area contributed by atoms with E-state index < -0.39 is 6.04 Å². The molecule has 2 heterocycles. The van der Waals surface area contributed by atoms with E-state index in [1.165, 1.54) is 0 Å². The first-order chi connectivity index (χ1) is 18.4. The van der Waals surface area contributed by atoms with Crippen molar-refractivity contribution >= 4 is 34.9 Å². The van der Waals surface area contributed by atoms with E-state index in [9.17, 15) is 10.0 Å². The van der Waals surface area contributed by atoms with Crippen LogP contribution in [-0.2, 0) is 11.2 Å². The lowest BCUT2D eigenvalue weighted by molar-refractivity contribution is -0.121. The van der Waals surface area contributed by atoms with Gasteiger partial charge in [-0.05, 0) is 48.7 Å². The van der Waals surface area contributed by atoms with Crippen LogP contribution in [0.3, 0.4) is 0 Å². The van der Waals surface area contributed by atoms with Gasteiger partial charge in [-0.2, -0.15) is 5.10 Å². The van der Waals surface area contributed by atoms with Crippen molar-refractivity contribution in [2.75, 3.05) is 6.61 Å². The highest BCUT2D eigenvalue weighted by molar-refractivity contribution is 6.42. The number of amidine groups is 1. The Morgan fingerprint density at radius 1 is 1.08 bits per heavy atom. The summed E-state index contributed by atoms with van der Waals surface area (Å²) in [5.41, 5.74) is 4.92. The molecule has 38 heavy (non-hydrogen) atoms. The molecular formula is C27H26Cl2N6O3. The summed E-state index contributed by atoms with van der Waals surface area (Å²) < 4.78 is 7.63. The van der Waals surface area contributed by atoms with Gasteiger partial charge in [0.15, 0.2) is 0 Å². The fourth-order valence-electron chi connectivity index (χ4n) is 3.75. The highest BCUT2D eigenvalue weighted by Gasteiger charge is 2.18. The van der Waals surface area contributed by atoms with E-state index in [1.54, 1.807) is 41.3 Å². The molecule has 0 saturated carbocycles. The fourth-order valence-corrected chi connectivity index (χ4v) is 4.05. The third-order valence-corrected chi connectivity index (χ3v) is 6.41. The van der Waals surface area contributed by atoms with Gasteiger partial charge in [-0.25, -0.2) is 4.68 Å². The zero-order valence-corrected chi connectivity index (χ0v) is 21.8. The van der Waals surface area contributed by atoms with Gasteiger partial charge in [-0.15, -0.1) is 0 Å². The second-order valence-corrected chi connectivity index (χ2v) is 9.22. The first-order valence-electron chi connectivity index (χ1n) is 11.8. The minimum atomic E-state index is -0.686. The Balaban J connectivity index is 1.40. The number of nitrogens with one attached hydrogen (secondary N) is 3. The highest BCUT2D eigenvalue weighted by atomic mass is 35.5. The SMILES string of the molecule is N=C(NO)[C@H](Cc1ccccc1)NC(=O)CCCOc1cc(-c2cccnc2)nn1-c1ccc(Cl)c(Cl)c1. The Hall–Kier alpha value is -3.92. The number of ether oxygens (including phenoxy) is 1. The molecule has 4 aromatic rings. The number of hydrogen-bond donors (Lipinski definition) is 4. The normalized spacial score (nSPS) is 11.6. The molecule has 0 spiro atoms. The maximum absolute atomic E-state index is 12.6. The number of carbonyl (C=O) groups excluding carboxylic acids is 1. The van der Waals surface area contributed by atoms with Gasteiger partial charge in [-0.3, -0.25) is 25.9 Å². The summed E-state index contributed by atoms with van der Waals surface area (Å²) in [5.74, 6) is 0.0198. The molecule has 4 N–H and O–H groups in total. The fraction of sp³-hybridized carbons (Fsp3) is 0.185. The quantitative estimate of drug-likeness (QED) is 0.0889. The number of carbonyl (C=O) groups is 1. The van der Waals surface area contributed by atoms with E-state index in [0.29, 0.717) is 40.1 Å². The Bertz CT molecular complexity index is 1380. The summed E-state index contributed by atoms with van der Waals surface area (Å²) in [6, 6.07) is 19.4. The summed E-state index contributed by atoms with van der Waals surface area (Å²) in [5, 5.41) is 25.4. The van der Waals surface area contributed by atoms with Crippen LogP contribution in [0.2, 0.25) is 10.0 Å². The number of pyridine rings is 1. The molecule has 0 saturated heterocycles. The van der Waals surface area contributed by atoms with Crippen LogP contribution in [0, 0.1) is 5.41 Å². The van der Waals surface area contributed by atoms with Crippen LogP contribution in [0.1, 0.15) is 18.4 Å². The standard InChI is InChI=1S/C27H26Cl2N6O3/c28-21-11-10-20(15-22(21)29)35-26(16-23(33-35)19-8-4-12-31-17-19)38-13-5-9-25(36)32-24(27(30)34-37)14-18-6-2-1-3-7-18/h1-4,6-8,10-12,15-17,24,37H,5,9,13-14H2,(H2,30,34)(H,32,36)/t24-/m0/s1. The van der Waals surface area contributed by atoms with Crippen molar-refractivity contribution < 1.29 is 14.7 Å². The van der Waals surface area contributed by atoms with Gasteiger partial charge in [0.1, 0.15) is 5.84 Å². The smallest absolute Gasteiger partial charge is 0.220 e. The van der Waals surface area contributed by atoms with Crippen LogP contribution in [0.5, 0.6) is 5.88 Å². The summed E-state index contributed by atoms with van der Waals surface area (Å²) in [6.07, 6.45) is 4.35. The summed E-state index contributed by atoms with van der Waals surface area (Å²) in [4.78, 5) is 16.8. The molecule has 1 atom stereocenters. The lowest BCUT2D eigenvalue weighted by atomic mass is 10.0. The number of halogens is 2. The Morgan fingerprint density at radius 3 is 2.61 bits per heavy atom. The number of aromatic nitrogens is 3. The number of hydrogen-bond acceptors (Lipinski definition) is 6. The number of nitrogens with zero attached hydrogens (tertiary/aromatic N) is 3. The zero-order chi connectivity index (χ0) is 26.9. The second-order valence-electron chi connectivity index (χ2n) is 8.41. The third kappa shape index (κ3) is 7.10. The molecule has 2 aromatic heterocycles. The number of rotatable bonds is 11. The largest absolute Gasteiger partial charge is 0.478 e. The van der Waals surface area contributed by atoms with E-state index in [2.05, 4.69) is 15.4 Å². The molecule has 0 radical (unpaired) electrons. The molecule has 0 bridgehead atoms. The van der Waals surface area contributed by atoms with Crippen LogP contribution in [0.15, 0.2) is 79.1 Å². The Kier molecular flexibility index (Phi) is 9.31. The van der Waals surface area contributed by atoms with Gasteiger partial charge in [-0.1, -0.05) is 53.5 Å². The van der Waals surface area contributed by atoms with Gasteiger partial charge in [0, 0.05) is 30.4 Å². The van der Waals surface area contributed by atoms with E-state index in [4.69, 9.17) is 33.3 Å². The number of benzene rings is 2. The van der Waals surface area contributed by atoms with Crippen molar-refractivity contribution in [1.82, 2.24) is 25.6 Å². The maximum atomic E-state index is 12.6. The number of amides is 1. The lowest BCUT2D eigenvalue weighted by Gasteiger charge is -2.19. The van der Waals surface area contributed by atoms with E-state index in [1.807, 2.05) is 47.9 Å². The predicted molar refractivity (Wildman–Crippen MR) is 146 cm³/mol. The molecule has 9 nitrogen and oxygen atoms in total. The Labute approximate surface area is 229 Å². The summed E-state index contributed by atoms with van der Waals surface area (Å²) in [7, 11) is 0. The van der Waals surface area contributed by atoms with Crippen molar-refractivity contribution in [3.05, 3.63) is 94.7 Å². The van der Waals surface area contributed by atoms with Gasteiger partial charge < -0.3 is 10.1 Å². The van der Waals surface area contributed by atoms with Gasteiger partial charge in [0.2, 0.25) is 11.8 Å². The van der Waals surface area contributed by atoms with Crippen LogP contribution < -0.4 is 15.5 Å². The van der Waals surface area contributed by atoms with Crippen molar-refractivity contribution in [2.45, 2.75) is 25.3 Å². The van der Waals surface area contributed by atoms with Crippen LogP contribution in [0.25, 0.3) is 16.9 Å². The van der Waals surface area contributed by atoms with Gasteiger partial charge >= 0.3 is 0 Å². The van der Waals surface area contributed by atoms with Gasteiger partial charge in [0.05, 0.1) is 34.1 Å². The summed E-state index contributed by atoms with van der Waals surface area (Å²) in [6.45, 7) is 0.242. The predicted octanol–water partition coefficient (Wildman–Crippen LogP) is 5.08. The van der Waals surface area contributed by atoms with Crippen molar-refractivity contribution in [1.29, 1.82) is 5.41 Å². The Morgan fingerprint density at radius 2 is 1.89 bits per heavy atom. The summed E-state index contributed by atoms with van der Waals surface area (Å²) >= 11 is 12.3. The molecule has 0 aliphatic heterocycles. The maximum Gasteiger partial charge on any atom is 0.220 e. The molecular weight excluding hydrogens is 527 g/mol. The molecule has 1 amide bonds. The van der Waals surface area contributed by atoms with Crippen LogP contribution >= 0.6 is 23.2 Å². The average molecular weight is 553 g/mol. The van der Waals surface area contributed by atoms with Crippen molar-refractivity contribution in [3.8, 4) is 22.8 Å². The first kappa shape index (κ1) is 27.1. The molecule has 2 aromatic carbocycles. The first-order valence-corrected chi connectivity index (χ1v) is 12.6. The van der Waals surface area contributed by atoms with Crippen LogP contribution in [-0.4, -0.2) is 44.4 Å². The molecule has 196 valence electrons. The van der Waals surface area contributed by atoms with Crippen molar-refractivity contribution in [3.63, 3.8) is 0 Å².